The summed E-state index contributed by atoms with van der Waals surface area (Å²) in [6, 6.07) is 6.97. The molecule has 3 amide bonds. The average molecular weight is 391 g/mol. The predicted octanol–water partition coefficient (Wildman–Crippen LogP) is 0.569. The molecular formula is C19H25N3O6. The van der Waals surface area contributed by atoms with Gasteiger partial charge in [-0.25, -0.2) is 4.79 Å². The third-order valence-corrected chi connectivity index (χ3v) is 4.19. The van der Waals surface area contributed by atoms with Crippen LogP contribution >= 0.6 is 0 Å². The Labute approximate surface area is 163 Å². The van der Waals surface area contributed by atoms with Gasteiger partial charge in [0.2, 0.25) is 0 Å². The van der Waals surface area contributed by atoms with Crippen LogP contribution in [0.4, 0.5) is 4.79 Å². The van der Waals surface area contributed by atoms with Crippen molar-refractivity contribution in [1.82, 2.24) is 15.1 Å². The molecule has 0 spiro atoms. The lowest BCUT2D eigenvalue weighted by Crippen LogP contribution is -2.51. The molecule has 0 bridgehead atoms. The second-order valence-electron chi connectivity index (χ2n) is 6.28. The Bertz CT molecular complexity index is 728. The fourth-order valence-corrected chi connectivity index (χ4v) is 2.68. The topological polar surface area (TPSA) is 105 Å². The molecule has 1 aliphatic rings. The van der Waals surface area contributed by atoms with E-state index in [1.54, 1.807) is 25.1 Å². The first-order chi connectivity index (χ1) is 13.4. The van der Waals surface area contributed by atoms with Crippen molar-refractivity contribution >= 4 is 23.9 Å². The Morgan fingerprint density at radius 3 is 2.36 bits per heavy atom. The molecule has 0 atom stereocenters. The van der Waals surface area contributed by atoms with E-state index in [1.165, 1.54) is 9.80 Å². The lowest BCUT2D eigenvalue weighted by molar-refractivity contribution is -0.151. The summed E-state index contributed by atoms with van der Waals surface area (Å²) in [7, 11) is 0. The van der Waals surface area contributed by atoms with Crippen LogP contribution in [0.15, 0.2) is 24.3 Å². The van der Waals surface area contributed by atoms with Crippen LogP contribution < -0.4 is 5.32 Å². The number of nitrogens with zero attached hydrogens (tertiary/aromatic N) is 2. The molecule has 0 aromatic heterocycles. The molecular weight excluding hydrogens is 366 g/mol. The largest absolute Gasteiger partial charge is 0.454 e. The van der Waals surface area contributed by atoms with Crippen LogP contribution in [0.1, 0.15) is 22.8 Å². The Morgan fingerprint density at radius 1 is 1.04 bits per heavy atom. The van der Waals surface area contributed by atoms with Gasteiger partial charge in [-0.1, -0.05) is 17.7 Å². The summed E-state index contributed by atoms with van der Waals surface area (Å²) in [6.07, 6.45) is -0.398. The van der Waals surface area contributed by atoms with Crippen molar-refractivity contribution in [1.29, 1.82) is 0 Å². The van der Waals surface area contributed by atoms with Crippen molar-refractivity contribution in [2.75, 3.05) is 45.9 Å². The van der Waals surface area contributed by atoms with Crippen molar-refractivity contribution in [3.63, 3.8) is 0 Å². The molecule has 9 heteroatoms. The number of benzene rings is 1. The van der Waals surface area contributed by atoms with E-state index in [9.17, 15) is 19.2 Å². The zero-order valence-electron chi connectivity index (χ0n) is 16.1. The summed E-state index contributed by atoms with van der Waals surface area (Å²) in [6.45, 7) is 4.59. The van der Waals surface area contributed by atoms with E-state index in [4.69, 9.17) is 9.47 Å². The number of hydrogen-bond acceptors (Lipinski definition) is 6. The first-order valence-corrected chi connectivity index (χ1v) is 9.10. The molecule has 0 radical (unpaired) electrons. The molecule has 0 unspecified atom stereocenters. The van der Waals surface area contributed by atoms with Crippen molar-refractivity contribution < 1.29 is 28.7 Å². The van der Waals surface area contributed by atoms with Gasteiger partial charge in [-0.3, -0.25) is 14.4 Å². The van der Waals surface area contributed by atoms with Crippen LogP contribution in [0.3, 0.4) is 0 Å². The van der Waals surface area contributed by atoms with Gasteiger partial charge in [0.1, 0.15) is 6.54 Å². The van der Waals surface area contributed by atoms with Crippen LogP contribution in [0.5, 0.6) is 0 Å². The maximum atomic E-state index is 12.1. The van der Waals surface area contributed by atoms with E-state index in [0.717, 1.165) is 5.56 Å². The number of rotatable bonds is 6. The number of esters is 1. The van der Waals surface area contributed by atoms with Crippen LogP contribution in [0.25, 0.3) is 0 Å². The number of carbonyl (C=O) groups is 4. The summed E-state index contributed by atoms with van der Waals surface area (Å²) in [4.78, 5) is 50.6. The molecule has 1 heterocycles. The normalized spacial score (nSPS) is 13.6. The smallest absolute Gasteiger partial charge is 0.409 e. The second-order valence-corrected chi connectivity index (χ2v) is 6.28. The van der Waals surface area contributed by atoms with Gasteiger partial charge in [0.15, 0.2) is 6.61 Å². The number of aryl methyl sites for hydroxylation is 1. The molecule has 1 aliphatic heterocycles. The summed E-state index contributed by atoms with van der Waals surface area (Å²) in [5.41, 5.74) is 1.38. The van der Waals surface area contributed by atoms with E-state index in [-0.39, 0.29) is 18.4 Å². The first-order valence-electron chi connectivity index (χ1n) is 9.10. The molecule has 1 N–H and O–H groups in total. The van der Waals surface area contributed by atoms with Gasteiger partial charge in [-0.15, -0.1) is 0 Å². The van der Waals surface area contributed by atoms with Gasteiger partial charge in [-0.2, -0.15) is 0 Å². The third kappa shape index (κ3) is 6.26. The lowest BCUT2D eigenvalue weighted by atomic mass is 10.1. The third-order valence-electron chi connectivity index (χ3n) is 4.19. The lowest BCUT2D eigenvalue weighted by Gasteiger charge is -2.33. The summed E-state index contributed by atoms with van der Waals surface area (Å²) < 4.78 is 9.85. The Kier molecular flexibility index (Phi) is 7.79. The summed E-state index contributed by atoms with van der Waals surface area (Å²) in [5.74, 6) is -1.43. The maximum absolute atomic E-state index is 12.1. The monoisotopic (exact) mass is 391 g/mol. The maximum Gasteiger partial charge on any atom is 0.409 e. The minimum atomic E-state index is -0.695. The van der Waals surface area contributed by atoms with E-state index in [2.05, 4.69) is 5.32 Å². The van der Waals surface area contributed by atoms with E-state index >= 15 is 0 Å². The molecule has 28 heavy (non-hydrogen) atoms. The Balaban J connectivity index is 1.68. The van der Waals surface area contributed by atoms with Gasteiger partial charge in [0.05, 0.1) is 6.61 Å². The Morgan fingerprint density at radius 2 is 1.71 bits per heavy atom. The molecule has 0 aliphatic carbocycles. The van der Waals surface area contributed by atoms with Crippen molar-refractivity contribution in [2.45, 2.75) is 13.8 Å². The summed E-state index contributed by atoms with van der Waals surface area (Å²) >= 11 is 0. The predicted molar refractivity (Wildman–Crippen MR) is 99.6 cm³/mol. The highest BCUT2D eigenvalue weighted by molar-refractivity contribution is 5.96. The van der Waals surface area contributed by atoms with Gasteiger partial charge in [-0.05, 0) is 26.0 Å². The van der Waals surface area contributed by atoms with Crippen molar-refractivity contribution in [3.8, 4) is 0 Å². The fraction of sp³-hybridized carbons (Fsp3) is 0.474. The minimum absolute atomic E-state index is 0.300. The Hall–Kier alpha value is -3.10. The standard InChI is InChI=1S/C19H25N3O6/c1-3-27-19(26)22-9-7-21(8-10-22)16(23)13-28-17(24)12-20-18(25)15-6-4-5-14(2)11-15/h4-6,11H,3,7-10,12-13H2,1-2H3,(H,20,25). The number of nitrogens with one attached hydrogen (secondary N) is 1. The van der Waals surface area contributed by atoms with E-state index in [1.807, 2.05) is 13.0 Å². The minimum Gasteiger partial charge on any atom is -0.454 e. The van der Waals surface area contributed by atoms with Crippen LogP contribution in [0, 0.1) is 6.92 Å². The molecule has 1 saturated heterocycles. The SMILES string of the molecule is CCOC(=O)N1CCN(C(=O)COC(=O)CNC(=O)c2cccc(C)c2)CC1. The second kappa shape index (κ2) is 10.3. The van der Waals surface area contributed by atoms with Crippen LogP contribution in [-0.2, 0) is 19.1 Å². The van der Waals surface area contributed by atoms with Gasteiger partial charge in [0.25, 0.3) is 11.8 Å². The molecule has 0 saturated carbocycles. The summed E-state index contributed by atoms with van der Waals surface area (Å²) in [5, 5.41) is 2.46. The van der Waals surface area contributed by atoms with Crippen LogP contribution in [0.2, 0.25) is 0 Å². The highest BCUT2D eigenvalue weighted by Crippen LogP contribution is 2.05. The quantitative estimate of drug-likeness (QED) is 0.711. The van der Waals surface area contributed by atoms with Gasteiger partial charge in [0, 0.05) is 31.7 Å². The molecule has 2 rings (SSSR count). The first kappa shape index (κ1) is 21.2. The number of piperazine rings is 1. The van der Waals surface area contributed by atoms with Gasteiger partial charge >= 0.3 is 12.1 Å². The molecule has 1 fully saturated rings. The number of carbonyl (C=O) groups excluding carboxylic acids is 4. The molecule has 152 valence electrons. The molecule has 1 aromatic carbocycles. The number of ether oxygens (including phenoxy) is 2. The molecule has 9 nitrogen and oxygen atoms in total. The van der Waals surface area contributed by atoms with E-state index < -0.39 is 18.7 Å². The number of amides is 3. The van der Waals surface area contributed by atoms with Gasteiger partial charge < -0.3 is 24.6 Å². The number of hydrogen-bond donors (Lipinski definition) is 1. The van der Waals surface area contributed by atoms with Crippen molar-refractivity contribution in [2.24, 2.45) is 0 Å². The zero-order valence-corrected chi connectivity index (χ0v) is 16.1. The van der Waals surface area contributed by atoms with Crippen LogP contribution in [-0.4, -0.2) is 79.6 Å². The average Bonchev–Trinajstić information content (AvgIpc) is 2.70. The molecule has 1 aromatic rings. The zero-order chi connectivity index (χ0) is 20.5. The highest BCUT2D eigenvalue weighted by atomic mass is 16.6. The van der Waals surface area contributed by atoms with E-state index in [0.29, 0.717) is 38.3 Å². The highest BCUT2D eigenvalue weighted by Gasteiger charge is 2.25. The van der Waals surface area contributed by atoms with Crippen molar-refractivity contribution in [3.05, 3.63) is 35.4 Å². The fourth-order valence-electron chi connectivity index (χ4n) is 2.68.